The van der Waals surface area contributed by atoms with E-state index in [1.807, 2.05) is 33.8 Å². The first-order valence-corrected chi connectivity index (χ1v) is 9.62. The normalized spacial score (nSPS) is 23.9. The van der Waals surface area contributed by atoms with E-state index >= 15 is 0 Å². The largest absolute Gasteiger partial charge is 0.444 e. The van der Waals surface area contributed by atoms with Crippen LogP contribution in [0.4, 0.5) is 9.18 Å². The van der Waals surface area contributed by atoms with Gasteiger partial charge in [0.05, 0.1) is 5.54 Å². The maximum Gasteiger partial charge on any atom is 0.407 e. The van der Waals surface area contributed by atoms with E-state index < -0.39 is 17.2 Å². The number of nitrogens with one attached hydrogen (secondary N) is 2. The molecule has 148 valence electrons. The Hall–Kier alpha value is -2.11. The molecule has 6 heteroatoms. The summed E-state index contributed by atoms with van der Waals surface area (Å²) in [6.07, 6.45) is 2.32. The molecule has 2 N–H and O–H groups in total. The van der Waals surface area contributed by atoms with Gasteiger partial charge in [0.15, 0.2) is 0 Å². The molecule has 2 saturated carbocycles. The summed E-state index contributed by atoms with van der Waals surface area (Å²) in [6.45, 7) is 7.74. The molecule has 3 unspecified atom stereocenters. The molecule has 5 nitrogen and oxygen atoms in total. The summed E-state index contributed by atoms with van der Waals surface area (Å²) in [4.78, 5) is 24.7. The zero-order valence-corrected chi connectivity index (χ0v) is 16.5. The van der Waals surface area contributed by atoms with Crippen molar-refractivity contribution in [3.05, 3.63) is 35.6 Å². The van der Waals surface area contributed by atoms with Crippen LogP contribution in [0.1, 0.15) is 58.4 Å². The molecule has 0 radical (unpaired) electrons. The Balaban J connectivity index is 1.56. The van der Waals surface area contributed by atoms with Gasteiger partial charge in [-0.3, -0.25) is 4.79 Å². The summed E-state index contributed by atoms with van der Waals surface area (Å²) in [6, 6.07) is 6.46. The fourth-order valence-corrected chi connectivity index (χ4v) is 3.55. The maximum atomic E-state index is 13.4. The van der Waals surface area contributed by atoms with Crippen LogP contribution in [0.15, 0.2) is 24.3 Å². The second-order valence-electron chi connectivity index (χ2n) is 9.04. The number of carbonyl (C=O) groups excluding carboxylic acids is 2. The number of alkyl carbamates (subject to hydrolysis) is 1. The van der Waals surface area contributed by atoms with E-state index in [1.165, 1.54) is 12.1 Å². The molecular weight excluding hydrogens is 347 g/mol. The molecule has 2 aliphatic carbocycles. The Labute approximate surface area is 160 Å². The Morgan fingerprint density at radius 3 is 2.52 bits per heavy atom. The second kappa shape index (κ2) is 7.13. The van der Waals surface area contributed by atoms with Gasteiger partial charge in [-0.05, 0) is 76.5 Å². The number of hydrogen-bond acceptors (Lipinski definition) is 3. The summed E-state index contributed by atoms with van der Waals surface area (Å²) >= 11 is 0. The van der Waals surface area contributed by atoms with Crippen molar-refractivity contribution in [3.63, 3.8) is 0 Å². The lowest BCUT2D eigenvalue weighted by Gasteiger charge is -2.32. The van der Waals surface area contributed by atoms with Crippen molar-refractivity contribution < 1.29 is 18.7 Å². The number of amides is 2. The quantitative estimate of drug-likeness (QED) is 0.795. The van der Waals surface area contributed by atoms with Crippen molar-refractivity contribution in [2.75, 3.05) is 6.54 Å². The summed E-state index contributed by atoms with van der Waals surface area (Å²) in [5, 5.41) is 5.94. The number of halogens is 1. The molecule has 1 aromatic carbocycles. The molecule has 0 aliphatic heterocycles. The first-order valence-electron chi connectivity index (χ1n) is 9.62. The van der Waals surface area contributed by atoms with E-state index in [0.717, 1.165) is 24.8 Å². The molecule has 2 fully saturated rings. The molecule has 1 aromatic rings. The second-order valence-corrected chi connectivity index (χ2v) is 9.04. The van der Waals surface area contributed by atoms with Gasteiger partial charge in [-0.1, -0.05) is 12.1 Å². The Kier molecular flexibility index (Phi) is 5.19. The number of rotatable bonds is 6. The Morgan fingerprint density at radius 2 is 1.93 bits per heavy atom. The van der Waals surface area contributed by atoms with Gasteiger partial charge in [0.25, 0.3) is 0 Å². The van der Waals surface area contributed by atoms with Crippen molar-refractivity contribution in [1.82, 2.24) is 10.6 Å². The lowest BCUT2D eigenvalue weighted by molar-refractivity contribution is -0.124. The predicted octanol–water partition coefficient (Wildman–Crippen LogP) is 3.74. The van der Waals surface area contributed by atoms with E-state index in [4.69, 9.17) is 4.74 Å². The van der Waals surface area contributed by atoms with Gasteiger partial charge in [-0.25, -0.2) is 9.18 Å². The fraction of sp³-hybridized carbons (Fsp3) is 0.619. The SMILES string of the molecule is CC(C)(C)OC(=O)NCC(C)(NC(=O)C1CC1c1cccc(F)c1)C1CC1. The molecule has 0 saturated heterocycles. The average molecular weight is 376 g/mol. The molecule has 3 rings (SSSR count). The highest BCUT2D eigenvalue weighted by atomic mass is 19.1. The minimum atomic E-state index is -0.560. The predicted molar refractivity (Wildman–Crippen MR) is 101 cm³/mol. The van der Waals surface area contributed by atoms with Crippen molar-refractivity contribution in [1.29, 1.82) is 0 Å². The van der Waals surface area contributed by atoms with Crippen molar-refractivity contribution in [2.45, 2.75) is 64.0 Å². The van der Waals surface area contributed by atoms with E-state index in [2.05, 4.69) is 10.6 Å². The van der Waals surface area contributed by atoms with Gasteiger partial charge in [-0.2, -0.15) is 0 Å². The number of hydrogen-bond donors (Lipinski definition) is 2. The topological polar surface area (TPSA) is 67.4 Å². The van der Waals surface area contributed by atoms with Gasteiger partial charge < -0.3 is 15.4 Å². The number of benzene rings is 1. The fourth-order valence-electron chi connectivity index (χ4n) is 3.55. The van der Waals surface area contributed by atoms with Crippen LogP contribution in [0.25, 0.3) is 0 Å². The van der Waals surface area contributed by atoms with Gasteiger partial charge >= 0.3 is 6.09 Å². The summed E-state index contributed by atoms with van der Waals surface area (Å²) in [5.41, 5.74) is -0.186. The lowest BCUT2D eigenvalue weighted by Crippen LogP contribution is -2.56. The highest BCUT2D eigenvalue weighted by Crippen LogP contribution is 2.48. The van der Waals surface area contributed by atoms with E-state index in [1.54, 1.807) is 6.07 Å². The number of carbonyl (C=O) groups is 2. The van der Waals surface area contributed by atoms with Gasteiger partial charge in [0.1, 0.15) is 11.4 Å². The highest BCUT2D eigenvalue weighted by Gasteiger charge is 2.49. The Bertz CT molecular complexity index is 726. The summed E-state index contributed by atoms with van der Waals surface area (Å²) in [7, 11) is 0. The smallest absolute Gasteiger partial charge is 0.407 e. The first-order chi connectivity index (χ1) is 12.6. The third-order valence-corrected chi connectivity index (χ3v) is 5.29. The standard InChI is InChI=1S/C21H29FN2O3/c1-20(2,3)27-19(26)23-12-21(4,14-8-9-14)24-18(25)17-11-16(17)13-6-5-7-15(22)10-13/h5-7,10,14,16-17H,8-9,11-12H2,1-4H3,(H,23,26)(H,24,25). The molecule has 2 aliphatic rings. The third-order valence-electron chi connectivity index (χ3n) is 5.29. The van der Waals surface area contributed by atoms with Crippen molar-refractivity contribution in [2.24, 2.45) is 11.8 Å². The van der Waals surface area contributed by atoms with Crippen LogP contribution >= 0.6 is 0 Å². The van der Waals surface area contributed by atoms with E-state index in [0.29, 0.717) is 12.5 Å². The molecule has 0 bridgehead atoms. The van der Waals surface area contributed by atoms with Crippen molar-refractivity contribution in [3.8, 4) is 0 Å². The number of ether oxygens (including phenoxy) is 1. The van der Waals surface area contributed by atoms with Crippen LogP contribution in [0, 0.1) is 17.7 Å². The molecule has 0 aromatic heterocycles. The minimum absolute atomic E-state index is 0.0235. The van der Waals surface area contributed by atoms with E-state index in [9.17, 15) is 14.0 Å². The van der Waals surface area contributed by atoms with Crippen LogP contribution in [-0.4, -0.2) is 29.7 Å². The Morgan fingerprint density at radius 1 is 1.22 bits per heavy atom. The monoisotopic (exact) mass is 376 g/mol. The van der Waals surface area contributed by atoms with Crippen LogP contribution in [-0.2, 0) is 9.53 Å². The van der Waals surface area contributed by atoms with Gasteiger partial charge in [0.2, 0.25) is 5.91 Å². The molecule has 27 heavy (non-hydrogen) atoms. The lowest BCUT2D eigenvalue weighted by atomic mass is 9.95. The molecule has 3 atom stereocenters. The zero-order valence-electron chi connectivity index (χ0n) is 16.5. The van der Waals surface area contributed by atoms with Crippen LogP contribution in [0.5, 0.6) is 0 Å². The maximum absolute atomic E-state index is 13.4. The minimum Gasteiger partial charge on any atom is -0.444 e. The average Bonchev–Trinajstić information content (AvgIpc) is 3.44. The molecular formula is C21H29FN2O3. The van der Waals surface area contributed by atoms with Crippen LogP contribution < -0.4 is 10.6 Å². The van der Waals surface area contributed by atoms with Crippen molar-refractivity contribution >= 4 is 12.0 Å². The zero-order chi connectivity index (χ0) is 19.8. The summed E-state index contributed by atoms with van der Waals surface area (Å²) in [5.74, 6) is -0.00952. The van der Waals surface area contributed by atoms with Gasteiger partial charge in [0, 0.05) is 12.5 Å². The molecule has 2 amide bonds. The molecule has 0 spiro atoms. The van der Waals surface area contributed by atoms with E-state index in [-0.39, 0.29) is 23.6 Å². The summed E-state index contributed by atoms with van der Waals surface area (Å²) < 4.78 is 18.7. The third kappa shape index (κ3) is 5.21. The molecule has 0 heterocycles. The van der Waals surface area contributed by atoms with Crippen LogP contribution in [0.2, 0.25) is 0 Å². The van der Waals surface area contributed by atoms with Crippen LogP contribution in [0.3, 0.4) is 0 Å². The highest BCUT2D eigenvalue weighted by molar-refractivity contribution is 5.83. The first kappa shape index (κ1) is 19.6. The van der Waals surface area contributed by atoms with Gasteiger partial charge in [-0.15, -0.1) is 0 Å².